The van der Waals surface area contributed by atoms with Crippen LogP contribution in [0.25, 0.3) is 10.9 Å². The molecule has 4 heteroatoms. The highest BCUT2D eigenvalue weighted by atomic mass is 16.1. The summed E-state index contributed by atoms with van der Waals surface area (Å²) in [4.78, 5) is 11.9. The molecule has 80 valence electrons. The number of aromatic amines is 1. The molecule has 2 aromatic rings. The molecule has 15 heavy (non-hydrogen) atoms. The summed E-state index contributed by atoms with van der Waals surface area (Å²) in [5.74, 6) is 0.438. The van der Waals surface area contributed by atoms with E-state index in [-0.39, 0.29) is 5.56 Å². The maximum absolute atomic E-state index is 11.9. The van der Waals surface area contributed by atoms with Crippen molar-refractivity contribution < 1.29 is 0 Å². The Kier molecular flexibility index (Phi) is 2.26. The normalized spacial score (nSPS) is 11.4. The fourth-order valence-electron chi connectivity index (χ4n) is 1.68. The first kappa shape index (κ1) is 9.83. The molecule has 0 saturated heterocycles. The lowest BCUT2D eigenvalue weighted by Crippen LogP contribution is -2.19. The summed E-state index contributed by atoms with van der Waals surface area (Å²) in [5.41, 5.74) is 7.15. The van der Waals surface area contributed by atoms with E-state index in [1.54, 1.807) is 22.9 Å². The lowest BCUT2D eigenvalue weighted by Gasteiger charge is -2.03. The molecule has 0 atom stereocenters. The topological polar surface area (TPSA) is 63.8 Å². The molecule has 0 unspecified atom stereocenters. The van der Waals surface area contributed by atoms with Gasteiger partial charge in [-0.05, 0) is 24.1 Å². The van der Waals surface area contributed by atoms with Crippen LogP contribution in [0.15, 0.2) is 23.0 Å². The summed E-state index contributed by atoms with van der Waals surface area (Å²) < 4.78 is 1.63. The lowest BCUT2D eigenvalue weighted by molar-refractivity contribution is 0.476. The van der Waals surface area contributed by atoms with Crippen LogP contribution in [0.2, 0.25) is 0 Å². The van der Waals surface area contributed by atoms with Gasteiger partial charge in [-0.2, -0.15) is 0 Å². The maximum Gasteiger partial charge on any atom is 0.274 e. The summed E-state index contributed by atoms with van der Waals surface area (Å²) in [6.45, 7) is 4.85. The Morgan fingerprint density at radius 1 is 1.47 bits per heavy atom. The zero-order valence-electron chi connectivity index (χ0n) is 8.95. The number of nitrogen functional groups attached to an aromatic ring is 1. The number of nitrogens with zero attached hydrogens (tertiary/aromatic N) is 1. The van der Waals surface area contributed by atoms with Crippen molar-refractivity contribution in [3.05, 3.63) is 28.6 Å². The molecule has 1 heterocycles. The molecule has 3 N–H and O–H groups in total. The summed E-state index contributed by atoms with van der Waals surface area (Å²) in [6, 6.07) is 5.30. The molecule has 4 nitrogen and oxygen atoms in total. The van der Waals surface area contributed by atoms with E-state index in [1.165, 1.54) is 0 Å². The van der Waals surface area contributed by atoms with E-state index in [1.807, 2.05) is 0 Å². The van der Waals surface area contributed by atoms with Gasteiger partial charge in [-0.25, -0.2) is 0 Å². The quantitative estimate of drug-likeness (QED) is 0.731. The Hall–Kier alpha value is -1.71. The second-order valence-electron chi connectivity index (χ2n) is 4.23. The van der Waals surface area contributed by atoms with Crippen LogP contribution in [0.3, 0.4) is 0 Å². The first-order valence-electron chi connectivity index (χ1n) is 5.06. The van der Waals surface area contributed by atoms with Crippen LogP contribution >= 0.6 is 0 Å². The smallest absolute Gasteiger partial charge is 0.274 e. The average Bonchev–Trinajstić information content (AvgIpc) is 2.42. The van der Waals surface area contributed by atoms with Crippen molar-refractivity contribution in [3.63, 3.8) is 0 Å². The number of rotatable bonds is 2. The lowest BCUT2D eigenvalue weighted by atomic mass is 10.2. The Labute approximate surface area is 87.7 Å². The van der Waals surface area contributed by atoms with Gasteiger partial charge in [-0.15, -0.1) is 0 Å². The van der Waals surface area contributed by atoms with E-state index >= 15 is 0 Å². The van der Waals surface area contributed by atoms with Crippen molar-refractivity contribution in [2.45, 2.75) is 20.4 Å². The van der Waals surface area contributed by atoms with Gasteiger partial charge in [0.2, 0.25) is 0 Å². The predicted octanol–water partition coefficient (Wildman–Crippen LogP) is 1.57. The first-order valence-corrected chi connectivity index (χ1v) is 5.06. The van der Waals surface area contributed by atoms with Crippen molar-refractivity contribution >= 4 is 16.6 Å². The van der Waals surface area contributed by atoms with Crippen molar-refractivity contribution in [2.24, 2.45) is 5.92 Å². The highest BCUT2D eigenvalue weighted by Crippen LogP contribution is 2.12. The molecule has 0 aliphatic carbocycles. The van der Waals surface area contributed by atoms with Crippen LogP contribution in [0.1, 0.15) is 13.8 Å². The number of nitrogens with one attached hydrogen (secondary N) is 1. The minimum absolute atomic E-state index is 0.0266. The third kappa shape index (κ3) is 1.75. The molecular formula is C11H15N3O. The summed E-state index contributed by atoms with van der Waals surface area (Å²) in [6.07, 6.45) is 0. The zero-order chi connectivity index (χ0) is 11.0. The molecule has 1 aromatic carbocycles. The van der Waals surface area contributed by atoms with Crippen LogP contribution < -0.4 is 11.3 Å². The fraction of sp³-hybridized carbons (Fsp3) is 0.364. The molecule has 0 bridgehead atoms. The minimum Gasteiger partial charge on any atom is -0.399 e. The number of benzene rings is 1. The molecule has 0 saturated carbocycles. The van der Waals surface area contributed by atoms with Gasteiger partial charge in [0.05, 0.1) is 10.9 Å². The molecule has 0 fully saturated rings. The van der Waals surface area contributed by atoms with E-state index in [9.17, 15) is 4.79 Å². The van der Waals surface area contributed by atoms with Gasteiger partial charge in [0.25, 0.3) is 5.56 Å². The molecule has 0 aliphatic heterocycles. The molecule has 0 spiro atoms. The minimum atomic E-state index is 0.0266. The van der Waals surface area contributed by atoms with Crippen molar-refractivity contribution in [3.8, 4) is 0 Å². The van der Waals surface area contributed by atoms with Crippen molar-refractivity contribution in [1.29, 1.82) is 0 Å². The molecule has 0 radical (unpaired) electrons. The Balaban J connectivity index is 2.59. The number of hydrogen-bond donors (Lipinski definition) is 2. The Morgan fingerprint density at radius 3 is 2.87 bits per heavy atom. The average molecular weight is 205 g/mol. The van der Waals surface area contributed by atoms with Crippen LogP contribution in [-0.4, -0.2) is 9.78 Å². The molecular weight excluding hydrogens is 190 g/mol. The van der Waals surface area contributed by atoms with Crippen molar-refractivity contribution in [2.75, 3.05) is 5.73 Å². The molecule has 2 rings (SSSR count). The van der Waals surface area contributed by atoms with Crippen LogP contribution in [0.4, 0.5) is 5.69 Å². The van der Waals surface area contributed by atoms with Gasteiger partial charge < -0.3 is 5.73 Å². The van der Waals surface area contributed by atoms with Gasteiger partial charge in [0.15, 0.2) is 0 Å². The highest BCUT2D eigenvalue weighted by molar-refractivity contribution is 5.81. The third-order valence-electron chi connectivity index (χ3n) is 2.32. The van der Waals surface area contributed by atoms with Gasteiger partial charge >= 0.3 is 0 Å². The third-order valence-corrected chi connectivity index (χ3v) is 2.32. The summed E-state index contributed by atoms with van der Waals surface area (Å²) >= 11 is 0. The van der Waals surface area contributed by atoms with Crippen molar-refractivity contribution in [1.82, 2.24) is 9.78 Å². The second kappa shape index (κ2) is 3.46. The predicted molar refractivity (Wildman–Crippen MR) is 61.8 cm³/mol. The Bertz CT molecular complexity index is 536. The van der Waals surface area contributed by atoms with Gasteiger partial charge in [0.1, 0.15) is 0 Å². The molecule has 0 amide bonds. The number of nitrogens with two attached hydrogens (primary N) is 1. The highest BCUT2D eigenvalue weighted by Gasteiger charge is 2.07. The second-order valence-corrected chi connectivity index (χ2v) is 4.23. The van der Waals surface area contributed by atoms with Crippen LogP contribution in [0, 0.1) is 5.92 Å². The van der Waals surface area contributed by atoms with Gasteiger partial charge in [-0.3, -0.25) is 14.6 Å². The maximum atomic E-state index is 11.9. The number of aromatic nitrogens is 2. The van der Waals surface area contributed by atoms with E-state index in [2.05, 4.69) is 18.9 Å². The van der Waals surface area contributed by atoms with Gasteiger partial charge in [-0.1, -0.05) is 13.8 Å². The first-order chi connectivity index (χ1) is 7.08. The number of hydrogen-bond acceptors (Lipinski definition) is 2. The number of fused-ring (bicyclic) bond motifs is 1. The van der Waals surface area contributed by atoms with E-state index in [0.717, 1.165) is 5.52 Å². The van der Waals surface area contributed by atoms with Crippen LogP contribution in [-0.2, 0) is 6.54 Å². The van der Waals surface area contributed by atoms with Gasteiger partial charge in [0, 0.05) is 12.2 Å². The molecule has 1 aromatic heterocycles. The largest absolute Gasteiger partial charge is 0.399 e. The number of anilines is 1. The standard InChI is InChI=1S/C11H15N3O/c1-7(2)6-14-11(15)9-4-3-8(12)5-10(9)13-14/h3-5,7,13H,6,12H2,1-2H3. The molecule has 0 aliphatic rings. The number of H-pyrrole nitrogens is 1. The Morgan fingerprint density at radius 2 is 2.20 bits per heavy atom. The van der Waals surface area contributed by atoms with E-state index in [4.69, 9.17) is 5.73 Å². The summed E-state index contributed by atoms with van der Waals surface area (Å²) in [5, 5.41) is 3.76. The van der Waals surface area contributed by atoms with Crippen LogP contribution in [0.5, 0.6) is 0 Å². The van der Waals surface area contributed by atoms with E-state index < -0.39 is 0 Å². The monoisotopic (exact) mass is 205 g/mol. The summed E-state index contributed by atoms with van der Waals surface area (Å²) in [7, 11) is 0. The zero-order valence-corrected chi connectivity index (χ0v) is 8.95. The van der Waals surface area contributed by atoms with E-state index in [0.29, 0.717) is 23.5 Å². The fourth-order valence-corrected chi connectivity index (χ4v) is 1.68. The SMILES string of the molecule is CC(C)Cn1[nH]c2cc(N)ccc2c1=O.